The first kappa shape index (κ1) is 17.0. The first-order valence-electron chi connectivity index (χ1n) is 7.81. The zero-order valence-electron chi connectivity index (χ0n) is 14.1. The highest BCUT2D eigenvalue weighted by molar-refractivity contribution is 5.73. The number of piperidine rings is 1. The lowest BCUT2D eigenvalue weighted by Crippen LogP contribution is -2.48. The minimum atomic E-state index is -0.864. The third-order valence-corrected chi connectivity index (χ3v) is 4.41. The SMILES string of the molecule is Cc1nn(C(C)(C)C)c(C)c1CN1CC[C@H](O)C[C@@H]1C(=O)O. The first-order chi connectivity index (χ1) is 10.1. The van der Waals surface area contributed by atoms with Gasteiger partial charge in [-0.3, -0.25) is 14.4 Å². The minimum Gasteiger partial charge on any atom is -0.480 e. The van der Waals surface area contributed by atoms with Crippen LogP contribution < -0.4 is 0 Å². The van der Waals surface area contributed by atoms with E-state index >= 15 is 0 Å². The molecule has 6 nitrogen and oxygen atoms in total. The van der Waals surface area contributed by atoms with Crippen LogP contribution in [0, 0.1) is 13.8 Å². The third-order valence-electron chi connectivity index (χ3n) is 4.41. The Balaban J connectivity index is 2.26. The summed E-state index contributed by atoms with van der Waals surface area (Å²) in [6.45, 7) is 11.5. The second kappa shape index (κ2) is 6.01. The maximum absolute atomic E-state index is 11.5. The summed E-state index contributed by atoms with van der Waals surface area (Å²) >= 11 is 0. The topological polar surface area (TPSA) is 78.6 Å². The Labute approximate surface area is 131 Å². The molecule has 124 valence electrons. The summed E-state index contributed by atoms with van der Waals surface area (Å²) in [6.07, 6.45) is 0.396. The number of likely N-dealkylation sites (tertiary alicyclic amines) is 1. The average Bonchev–Trinajstić information content (AvgIpc) is 2.68. The van der Waals surface area contributed by atoms with E-state index < -0.39 is 18.1 Å². The summed E-state index contributed by atoms with van der Waals surface area (Å²) < 4.78 is 2.01. The van der Waals surface area contributed by atoms with E-state index in [9.17, 15) is 15.0 Å². The van der Waals surface area contributed by atoms with Crippen LogP contribution >= 0.6 is 0 Å². The van der Waals surface area contributed by atoms with Crippen molar-refractivity contribution in [1.29, 1.82) is 0 Å². The predicted octanol–water partition coefficient (Wildman–Crippen LogP) is 1.66. The molecule has 1 fully saturated rings. The summed E-state index contributed by atoms with van der Waals surface area (Å²) in [4.78, 5) is 13.4. The molecule has 2 rings (SSSR count). The maximum atomic E-state index is 11.5. The molecule has 22 heavy (non-hydrogen) atoms. The molecule has 0 aliphatic carbocycles. The van der Waals surface area contributed by atoms with Crippen LogP contribution in [-0.2, 0) is 16.9 Å². The van der Waals surface area contributed by atoms with Gasteiger partial charge in [-0.1, -0.05) is 0 Å². The van der Waals surface area contributed by atoms with Gasteiger partial charge in [-0.05, 0) is 47.5 Å². The number of carboxylic acids is 1. The maximum Gasteiger partial charge on any atom is 0.321 e. The normalized spacial score (nSPS) is 23.7. The molecule has 0 bridgehead atoms. The minimum absolute atomic E-state index is 0.0998. The molecule has 2 atom stereocenters. The molecule has 2 heterocycles. The number of nitrogens with zero attached hydrogens (tertiary/aromatic N) is 3. The van der Waals surface area contributed by atoms with Crippen LogP contribution in [0.1, 0.15) is 50.6 Å². The summed E-state index contributed by atoms with van der Waals surface area (Å²) in [5, 5.41) is 23.8. The highest BCUT2D eigenvalue weighted by atomic mass is 16.4. The second-order valence-electron chi connectivity index (χ2n) is 7.23. The number of rotatable bonds is 3. The van der Waals surface area contributed by atoms with E-state index in [4.69, 9.17) is 0 Å². The van der Waals surface area contributed by atoms with Crippen molar-refractivity contribution in [3.05, 3.63) is 17.0 Å². The molecular formula is C16H27N3O3. The van der Waals surface area contributed by atoms with E-state index in [1.807, 2.05) is 23.4 Å². The van der Waals surface area contributed by atoms with Gasteiger partial charge < -0.3 is 10.2 Å². The smallest absolute Gasteiger partial charge is 0.321 e. The van der Waals surface area contributed by atoms with Gasteiger partial charge in [-0.25, -0.2) is 0 Å². The van der Waals surface area contributed by atoms with Crippen LogP contribution in [-0.4, -0.2) is 49.6 Å². The van der Waals surface area contributed by atoms with Crippen molar-refractivity contribution in [3.8, 4) is 0 Å². The monoisotopic (exact) mass is 309 g/mol. The fourth-order valence-electron chi connectivity index (χ4n) is 3.20. The van der Waals surface area contributed by atoms with Gasteiger partial charge in [0.15, 0.2) is 0 Å². The molecule has 1 saturated heterocycles. The van der Waals surface area contributed by atoms with Crippen molar-refractivity contribution < 1.29 is 15.0 Å². The Morgan fingerprint density at radius 2 is 2.00 bits per heavy atom. The van der Waals surface area contributed by atoms with Crippen molar-refractivity contribution in [2.75, 3.05) is 6.54 Å². The van der Waals surface area contributed by atoms with E-state index in [1.165, 1.54) is 0 Å². The van der Waals surface area contributed by atoms with Gasteiger partial charge in [0, 0.05) is 24.3 Å². The summed E-state index contributed by atoms with van der Waals surface area (Å²) in [6, 6.07) is -0.625. The molecule has 0 unspecified atom stereocenters. The van der Waals surface area contributed by atoms with Crippen molar-refractivity contribution in [3.63, 3.8) is 0 Å². The Hall–Kier alpha value is -1.40. The Morgan fingerprint density at radius 3 is 2.50 bits per heavy atom. The summed E-state index contributed by atoms with van der Waals surface area (Å²) in [7, 11) is 0. The highest BCUT2D eigenvalue weighted by Gasteiger charge is 2.33. The number of carbonyl (C=O) groups is 1. The van der Waals surface area contributed by atoms with Gasteiger partial charge in [0.25, 0.3) is 0 Å². The van der Waals surface area contributed by atoms with Gasteiger partial charge in [-0.2, -0.15) is 5.10 Å². The molecule has 1 aromatic rings. The molecular weight excluding hydrogens is 282 g/mol. The van der Waals surface area contributed by atoms with Gasteiger partial charge in [0.1, 0.15) is 6.04 Å². The van der Waals surface area contributed by atoms with E-state index in [1.54, 1.807) is 0 Å². The van der Waals surface area contributed by atoms with Gasteiger partial charge >= 0.3 is 5.97 Å². The molecule has 1 aliphatic heterocycles. The zero-order valence-corrected chi connectivity index (χ0v) is 14.1. The quantitative estimate of drug-likeness (QED) is 0.888. The summed E-state index contributed by atoms with van der Waals surface area (Å²) in [5.41, 5.74) is 3.03. The molecule has 0 amide bonds. The van der Waals surface area contributed by atoms with Crippen LogP contribution in [0.25, 0.3) is 0 Å². The molecule has 0 saturated carbocycles. The third kappa shape index (κ3) is 3.33. The lowest BCUT2D eigenvalue weighted by molar-refractivity contribution is -0.147. The number of carboxylic acid groups (broad SMARTS) is 1. The van der Waals surface area contributed by atoms with Crippen LogP contribution in [0.4, 0.5) is 0 Å². The van der Waals surface area contributed by atoms with Crippen molar-refractivity contribution in [2.24, 2.45) is 0 Å². The van der Waals surface area contributed by atoms with Crippen LogP contribution in [0.15, 0.2) is 0 Å². The second-order valence-corrected chi connectivity index (χ2v) is 7.23. The van der Waals surface area contributed by atoms with E-state index in [0.29, 0.717) is 25.9 Å². The van der Waals surface area contributed by atoms with Crippen molar-refractivity contribution >= 4 is 5.97 Å². The number of aliphatic hydroxyl groups excluding tert-OH is 1. The van der Waals surface area contributed by atoms with E-state index in [-0.39, 0.29) is 5.54 Å². The number of aromatic nitrogens is 2. The molecule has 1 aromatic heterocycles. The predicted molar refractivity (Wildman–Crippen MR) is 83.8 cm³/mol. The molecule has 1 aliphatic rings. The largest absolute Gasteiger partial charge is 0.480 e. The number of aliphatic carboxylic acids is 1. The Morgan fingerprint density at radius 1 is 1.36 bits per heavy atom. The number of aryl methyl sites for hydroxylation is 1. The fraction of sp³-hybridized carbons (Fsp3) is 0.750. The van der Waals surface area contributed by atoms with Crippen molar-refractivity contribution in [2.45, 2.75) is 71.7 Å². The van der Waals surface area contributed by atoms with E-state index in [0.717, 1.165) is 17.0 Å². The highest BCUT2D eigenvalue weighted by Crippen LogP contribution is 2.26. The van der Waals surface area contributed by atoms with Crippen LogP contribution in [0.5, 0.6) is 0 Å². The number of aliphatic hydroxyl groups is 1. The molecule has 0 spiro atoms. The average molecular weight is 309 g/mol. The van der Waals surface area contributed by atoms with Gasteiger partial charge in [-0.15, -0.1) is 0 Å². The molecule has 0 aromatic carbocycles. The van der Waals surface area contributed by atoms with Crippen molar-refractivity contribution in [1.82, 2.24) is 14.7 Å². The van der Waals surface area contributed by atoms with Gasteiger partial charge in [0.2, 0.25) is 0 Å². The molecule has 6 heteroatoms. The lowest BCUT2D eigenvalue weighted by Gasteiger charge is -2.35. The fourth-order valence-corrected chi connectivity index (χ4v) is 3.20. The number of hydrogen-bond acceptors (Lipinski definition) is 4. The summed E-state index contributed by atoms with van der Waals surface area (Å²) in [5.74, 6) is -0.864. The number of hydrogen-bond donors (Lipinski definition) is 2. The molecule has 2 N–H and O–H groups in total. The Bertz CT molecular complexity index is 560. The van der Waals surface area contributed by atoms with Crippen LogP contribution in [0.3, 0.4) is 0 Å². The molecule has 0 radical (unpaired) electrons. The van der Waals surface area contributed by atoms with E-state index in [2.05, 4.69) is 25.9 Å². The standard InChI is InChI=1S/C16H27N3O3/c1-10-13(11(2)19(17-10)16(3,4)5)9-18-7-6-12(20)8-14(18)15(21)22/h12,14,20H,6-9H2,1-5H3,(H,21,22)/t12-,14+/m0/s1. The van der Waals surface area contributed by atoms with Gasteiger partial charge in [0.05, 0.1) is 17.3 Å². The Kier molecular flexibility index (Phi) is 4.63. The van der Waals surface area contributed by atoms with Crippen LogP contribution in [0.2, 0.25) is 0 Å². The lowest BCUT2D eigenvalue weighted by atomic mass is 9.98. The zero-order chi connectivity index (χ0) is 16.7. The first-order valence-corrected chi connectivity index (χ1v) is 7.81.